The van der Waals surface area contributed by atoms with Crippen LogP contribution in [0.4, 0.5) is 10.1 Å². The highest BCUT2D eigenvalue weighted by molar-refractivity contribution is 7.92. The Bertz CT molecular complexity index is 1440. The lowest BCUT2D eigenvalue weighted by atomic mass is 10.1. The second kappa shape index (κ2) is 12.6. The first-order valence-electron chi connectivity index (χ1n) is 13.6. The molecule has 0 aliphatic heterocycles. The number of anilines is 1. The van der Waals surface area contributed by atoms with Crippen molar-refractivity contribution in [3.8, 4) is 0 Å². The van der Waals surface area contributed by atoms with Gasteiger partial charge in [0.15, 0.2) is 0 Å². The maximum absolute atomic E-state index is 14.0. The summed E-state index contributed by atoms with van der Waals surface area (Å²) in [5.41, 5.74) is 2.59. The van der Waals surface area contributed by atoms with E-state index >= 15 is 0 Å². The lowest BCUT2D eigenvalue weighted by molar-refractivity contribution is -0.139. The standard InChI is InChI=1S/C31H36FN3O4S/c1-22-12-18-28(19-13-22)40(38,39)35(29-11-7-4-8-23(29)2)21-30(36)34(20-25-14-16-26(32)17-15-25)24(3)31(37)33-27-9-5-6-10-27/h4,7-8,11-19,24,27H,5-6,9-10,20-21H2,1-3H3,(H,33,37)/t24-/m1/s1. The number of nitrogens with one attached hydrogen (secondary N) is 1. The third kappa shape index (κ3) is 6.88. The third-order valence-electron chi connectivity index (χ3n) is 7.41. The molecule has 0 heterocycles. The molecule has 0 spiro atoms. The van der Waals surface area contributed by atoms with Crippen molar-refractivity contribution in [1.29, 1.82) is 0 Å². The van der Waals surface area contributed by atoms with E-state index in [0.717, 1.165) is 35.6 Å². The topological polar surface area (TPSA) is 86.8 Å². The molecule has 9 heteroatoms. The van der Waals surface area contributed by atoms with Crippen molar-refractivity contribution in [3.63, 3.8) is 0 Å². The van der Waals surface area contributed by atoms with Crippen LogP contribution in [-0.2, 0) is 26.2 Å². The Labute approximate surface area is 236 Å². The Balaban J connectivity index is 1.69. The van der Waals surface area contributed by atoms with Crippen molar-refractivity contribution in [2.24, 2.45) is 0 Å². The molecule has 1 saturated carbocycles. The highest BCUT2D eigenvalue weighted by Crippen LogP contribution is 2.28. The van der Waals surface area contributed by atoms with Gasteiger partial charge < -0.3 is 10.2 Å². The number of amides is 2. The van der Waals surface area contributed by atoms with Gasteiger partial charge in [-0.15, -0.1) is 0 Å². The fraction of sp³-hybridized carbons (Fsp3) is 0.355. The summed E-state index contributed by atoms with van der Waals surface area (Å²) in [5.74, 6) is -1.26. The van der Waals surface area contributed by atoms with Crippen LogP contribution in [0.25, 0.3) is 0 Å². The van der Waals surface area contributed by atoms with Gasteiger partial charge in [-0.05, 0) is 75.1 Å². The zero-order valence-electron chi connectivity index (χ0n) is 23.1. The number of rotatable bonds is 10. The van der Waals surface area contributed by atoms with Gasteiger partial charge in [-0.3, -0.25) is 13.9 Å². The number of benzene rings is 3. The van der Waals surface area contributed by atoms with E-state index in [9.17, 15) is 22.4 Å². The SMILES string of the molecule is Cc1ccc(S(=O)(=O)N(CC(=O)N(Cc2ccc(F)cc2)[C@H](C)C(=O)NC2CCCC2)c2ccccc2C)cc1. The summed E-state index contributed by atoms with van der Waals surface area (Å²) in [7, 11) is -4.13. The minimum atomic E-state index is -4.13. The molecule has 1 aliphatic rings. The Morgan fingerprint density at radius 3 is 2.20 bits per heavy atom. The van der Waals surface area contributed by atoms with Crippen molar-refractivity contribution in [2.45, 2.75) is 70.0 Å². The predicted molar refractivity (Wildman–Crippen MR) is 154 cm³/mol. The van der Waals surface area contributed by atoms with Crippen molar-refractivity contribution in [2.75, 3.05) is 10.8 Å². The molecule has 0 radical (unpaired) electrons. The summed E-state index contributed by atoms with van der Waals surface area (Å²) in [6, 6.07) is 18.3. The maximum atomic E-state index is 14.0. The van der Waals surface area contributed by atoms with E-state index in [0.29, 0.717) is 16.8 Å². The van der Waals surface area contributed by atoms with Crippen molar-refractivity contribution in [1.82, 2.24) is 10.2 Å². The molecular formula is C31H36FN3O4S. The molecule has 3 aromatic carbocycles. The monoisotopic (exact) mass is 565 g/mol. The lowest BCUT2D eigenvalue weighted by Gasteiger charge is -2.33. The molecular weight excluding hydrogens is 529 g/mol. The van der Waals surface area contributed by atoms with Crippen LogP contribution >= 0.6 is 0 Å². The van der Waals surface area contributed by atoms with Crippen LogP contribution in [0.2, 0.25) is 0 Å². The average molecular weight is 566 g/mol. The van der Waals surface area contributed by atoms with Gasteiger partial charge in [0.1, 0.15) is 18.4 Å². The first-order valence-corrected chi connectivity index (χ1v) is 15.0. The van der Waals surface area contributed by atoms with E-state index in [1.807, 2.05) is 6.92 Å². The number of nitrogens with zero attached hydrogens (tertiary/aromatic N) is 2. The van der Waals surface area contributed by atoms with Gasteiger partial charge in [0.25, 0.3) is 10.0 Å². The summed E-state index contributed by atoms with van der Waals surface area (Å²) >= 11 is 0. The van der Waals surface area contributed by atoms with Gasteiger partial charge in [-0.25, -0.2) is 12.8 Å². The summed E-state index contributed by atoms with van der Waals surface area (Å²) < 4.78 is 42.5. The van der Waals surface area contributed by atoms with Crippen molar-refractivity contribution >= 4 is 27.5 Å². The van der Waals surface area contributed by atoms with Crippen LogP contribution < -0.4 is 9.62 Å². The van der Waals surface area contributed by atoms with E-state index in [4.69, 9.17) is 0 Å². The molecule has 212 valence electrons. The number of para-hydroxylation sites is 1. The van der Waals surface area contributed by atoms with Crippen molar-refractivity contribution < 1.29 is 22.4 Å². The molecule has 2 amide bonds. The van der Waals surface area contributed by atoms with Crippen LogP contribution in [0.15, 0.2) is 77.7 Å². The fourth-order valence-corrected chi connectivity index (χ4v) is 6.43. The summed E-state index contributed by atoms with van der Waals surface area (Å²) in [5, 5.41) is 3.04. The van der Waals surface area contributed by atoms with Crippen LogP contribution in [0.1, 0.15) is 49.3 Å². The number of carbonyl (C=O) groups is 2. The minimum Gasteiger partial charge on any atom is -0.352 e. The number of halogens is 1. The number of sulfonamides is 1. The summed E-state index contributed by atoms with van der Waals surface area (Å²) in [6.45, 7) is 4.79. The Morgan fingerprint density at radius 2 is 1.57 bits per heavy atom. The molecule has 1 atom stereocenters. The zero-order chi connectivity index (χ0) is 28.9. The first kappa shape index (κ1) is 29.3. The molecule has 1 fully saturated rings. The highest BCUT2D eigenvalue weighted by atomic mass is 32.2. The maximum Gasteiger partial charge on any atom is 0.264 e. The molecule has 1 aliphatic carbocycles. The van der Waals surface area contributed by atoms with E-state index < -0.39 is 34.3 Å². The van der Waals surface area contributed by atoms with Gasteiger partial charge in [0.2, 0.25) is 11.8 Å². The number of hydrogen-bond donors (Lipinski definition) is 1. The van der Waals surface area contributed by atoms with E-state index in [1.165, 1.54) is 29.2 Å². The van der Waals surface area contributed by atoms with Crippen molar-refractivity contribution in [3.05, 3.63) is 95.3 Å². The molecule has 7 nitrogen and oxygen atoms in total. The van der Waals surface area contributed by atoms with Crippen LogP contribution in [0, 0.1) is 19.7 Å². The second-order valence-corrected chi connectivity index (χ2v) is 12.3. The van der Waals surface area contributed by atoms with Gasteiger partial charge >= 0.3 is 0 Å². The first-order chi connectivity index (χ1) is 19.1. The Morgan fingerprint density at radius 1 is 0.950 bits per heavy atom. The molecule has 4 rings (SSSR count). The number of hydrogen-bond acceptors (Lipinski definition) is 4. The van der Waals surface area contributed by atoms with Crippen LogP contribution in [-0.4, -0.2) is 43.8 Å². The number of carbonyl (C=O) groups excluding carboxylic acids is 2. The Hall–Kier alpha value is -3.72. The van der Waals surface area contributed by atoms with Gasteiger partial charge in [-0.2, -0.15) is 0 Å². The van der Waals surface area contributed by atoms with Gasteiger partial charge in [0.05, 0.1) is 10.6 Å². The van der Waals surface area contributed by atoms with Crippen LogP contribution in [0.5, 0.6) is 0 Å². The minimum absolute atomic E-state index is 0.0184. The molecule has 3 aromatic rings. The predicted octanol–water partition coefficient (Wildman–Crippen LogP) is 5.11. The second-order valence-electron chi connectivity index (χ2n) is 10.4. The average Bonchev–Trinajstić information content (AvgIpc) is 3.44. The van der Waals surface area contributed by atoms with Gasteiger partial charge in [0, 0.05) is 12.6 Å². The molecule has 40 heavy (non-hydrogen) atoms. The summed E-state index contributed by atoms with van der Waals surface area (Å²) in [4.78, 5) is 28.7. The third-order valence-corrected chi connectivity index (χ3v) is 9.18. The smallest absolute Gasteiger partial charge is 0.264 e. The largest absolute Gasteiger partial charge is 0.352 e. The summed E-state index contributed by atoms with van der Waals surface area (Å²) in [6.07, 6.45) is 3.86. The zero-order valence-corrected chi connectivity index (χ0v) is 24.0. The van der Waals surface area contributed by atoms with Crippen LogP contribution in [0.3, 0.4) is 0 Å². The number of aryl methyl sites for hydroxylation is 2. The Kier molecular flexibility index (Phi) is 9.25. The molecule has 1 N–H and O–H groups in total. The van der Waals surface area contributed by atoms with E-state index in [1.54, 1.807) is 62.4 Å². The van der Waals surface area contributed by atoms with E-state index in [2.05, 4.69) is 5.32 Å². The molecule has 0 bridgehead atoms. The quantitative estimate of drug-likeness (QED) is 0.370. The molecule has 0 saturated heterocycles. The fourth-order valence-electron chi connectivity index (χ4n) is 4.96. The lowest BCUT2D eigenvalue weighted by Crippen LogP contribution is -2.52. The molecule has 0 unspecified atom stereocenters. The highest BCUT2D eigenvalue weighted by Gasteiger charge is 2.33. The molecule has 0 aromatic heterocycles. The van der Waals surface area contributed by atoms with Gasteiger partial charge in [-0.1, -0.05) is 60.9 Å². The van der Waals surface area contributed by atoms with E-state index in [-0.39, 0.29) is 23.4 Å². The normalized spacial score (nSPS) is 14.5.